The van der Waals surface area contributed by atoms with Gasteiger partial charge in [-0.2, -0.15) is 17.0 Å². The van der Waals surface area contributed by atoms with E-state index in [-0.39, 0.29) is 18.0 Å². The predicted molar refractivity (Wildman–Crippen MR) is 112 cm³/mol. The van der Waals surface area contributed by atoms with Crippen LogP contribution in [0.2, 0.25) is 0 Å². The van der Waals surface area contributed by atoms with E-state index < -0.39 is 10.2 Å². The van der Waals surface area contributed by atoms with Crippen molar-refractivity contribution in [1.29, 1.82) is 0 Å². The quantitative estimate of drug-likeness (QED) is 0.792. The molecule has 1 aliphatic carbocycles. The number of aromatic nitrogens is 2. The minimum absolute atomic E-state index is 0.0946. The lowest BCUT2D eigenvalue weighted by atomic mass is 9.90. The third kappa shape index (κ3) is 4.28. The van der Waals surface area contributed by atoms with E-state index in [2.05, 4.69) is 9.88 Å². The first-order valence-electron chi connectivity index (χ1n) is 10.9. The summed E-state index contributed by atoms with van der Waals surface area (Å²) >= 11 is 0. The van der Waals surface area contributed by atoms with Gasteiger partial charge in [0.2, 0.25) is 0 Å². The van der Waals surface area contributed by atoms with Gasteiger partial charge in [0.05, 0.1) is 11.3 Å². The summed E-state index contributed by atoms with van der Waals surface area (Å²) in [6.07, 6.45) is 9.25. The second-order valence-corrected chi connectivity index (χ2v) is 11.0. The zero-order chi connectivity index (χ0) is 20.6. The third-order valence-corrected chi connectivity index (χ3v) is 8.66. The molecule has 1 saturated carbocycles. The van der Waals surface area contributed by atoms with Gasteiger partial charge in [0.15, 0.2) is 0 Å². The Balaban J connectivity index is 1.52. The van der Waals surface area contributed by atoms with Crippen LogP contribution in [0, 0.1) is 0 Å². The van der Waals surface area contributed by atoms with Crippen LogP contribution in [0.4, 0.5) is 0 Å². The summed E-state index contributed by atoms with van der Waals surface area (Å²) in [5.74, 6) is 1.05. The molecular weight excluding hydrogens is 390 g/mol. The molecule has 1 unspecified atom stereocenters. The Labute approximate surface area is 173 Å². The summed E-state index contributed by atoms with van der Waals surface area (Å²) in [5, 5.41) is 0. The normalized spacial score (nSPS) is 25.3. The van der Waals surface area contributed by atoms with Crippen molar-refractivity contribution in [2.45, 2.75) is 69.9 Å². The molecule has 0 bridgehead atoms. The van der Waals surface area contributed by atoms with E-state index in [9.17, 15) is 13.2 Å². The van der Waals surface area contributed by atoms with Crippen LogP contribution < -0.4 is 5.56 Å². The van der Waals surface area contributed by atoms with Crippen LogP contribution in [0.1, 0.15) is 67.9 Å². The van der Waals surface area contributed by atoms with Crippen LogP contribution in [-0.4, -0.2) is 71.7 Å². The first kappa shape index (κ1) is 21.0. The number of nitrogens with zero attached hydrogens (tertiary/aromatic N) is 4. The van der Waals surface area contributed by atoms with Gasteiger partial charge in [-0.15, -0.1) is 0 Å². The largest absolute Gasteiger partial charge is 0.310 e. The lowest BCUT2D eigenvalue weighted by Crippen LogP contribution is -2.45. The van der Waals surface area contributed by atoms with E-state index in [1.54, 1.807) is 0 Å². The molecule has 0 radical (unpaired) electrons. The van der Waals surface area contributed by atoms with Gasteiger partial charge in [0.25, 0.3) is 15.8 Å². The summed E-state index contributed by atoms with van der Waals surface area (Å²) in [7, 11) is -0.507. The summed E-state index contributed by atoms with van der Waals surface area (Å²) in [6.45, 7) is 2.57. The smallest absolute Gasteiger partial charge is 0.281 e. The molecule has 162 valence electrons. The molecule has 9 heteroatoms. The minimum Gasteiger partial charge on any atom is -0.310 e. The van der Waals surface area contributed by atoms with E-state index >= 15 is 0 Å². The Morgan fingerprint density at radius 1 is 1.07 bits per heavy atom. The van der Waals surface area contributed by atoms with Crippen LogP contribution in [0.25, 0.3) is 0 Å². The van der Waals surface area contributed by atoms with Crippen LogP contribution in [0.3, 0.4) is 0 Å². The van der Waals surface area contributed by atoms with Gasteiger partial charge in [0.1, 0.15) is 5.82 Å². The molecular formula is C20H33N5O3S. The van der Waals surface area contributed by atoms with Gasteiger partial charge in [-0.1, -0.05) is 19.3 Å². The molecule has 3 aliphatic rings. The fraction of sp³-hybridized carbons (Fsp3) is 0.800. The zero-order valence-electron chi connectivity index (χ0n) is 17.6. The third-order valence-electron chi connectivity index (χ3n) is 6.77. The highest BCUT2D eigenvalue weighted by atomic mass is 32.2. The highest BCUT2D eigenvalue weighted by molar-refractivity contribution is 7.86. The van der Waals surface area contributed by atoms with Crippen molar-refractivity contribution in [1.82, 2.24) is 23.5 Å². The van der Waals surface area contributed by atoms with Gasteiger partial charge >= 0.3 is 0 Å². The second kappa shape index (κ2) is 8.45. The topological polar surface area (TPSA) is 89.6 Å². The fourth-order valence-electron chi connectivity index (χ4n) is 5.05. The average Bonchev–Trinajstić information content (AvgIpc) is 2.74. The van der Waals surface area contributed by atoms with Crippen molar-refractivity contribution < 1.29 is 8.42 Å². The van der Waals surface area contributed by atoms with Gasteiger partial charge in [-0.3, -0.25) is 9.69 Å². The number of hydrogen-bond acceptors (Lipinski definition) is 5. The second-order valence-electron chi connectivity index (χ2n) is 8.88. The van der Waals surface area contributed by atoms with E-state index in [1.807, 2.05) is 0 Å². The number of fused-ring (bicyclic) bond motifs is 1. The number of rotatable bonds is 4. The van der Waals surface area contributed by atoms with E-state index in [0.717, 1.165) is 37.4 Å². The molecule has 2 aliphatic heterocycles. The Morgan fingerprint density at radius 2 is 1.83 bits per heavy atom. The van der Waals surface area contributed by atoms with Crippen molar-refractivity contribution in [3.8, 4) is 0 Å². The SMILES string of the molecule is CN(C)S(=O)(=O)N1CCc2nc(C3CCCN(C4CCCCC4)C3)[nH]c(=O)c2C1. The highest BCUT2D eigenvalue weighted by Gasteiger charge is 2.33. The average molecular weight is 424 g/mol. The van der Waals surface area contributed by atoms with Crippen LogP contribution >= 0.6 is 0 Å². The highest BCUT2D eigenvalue weighted by Crippen LogP contribution is 2.31. The lowest BCUT2D eigenvalue weighted by Gasteiger charge is -2.39. The predicted octanol–water partition coefficient (Wildman–Crippen LogP) is 1.45. The van der Waals surface area contributed by atoms with Gasteiger partial charge in [-0.25, -0.2) is 4.98 Å². The number of hydrogen-bond donors (Lipinski definition) is 1. The van der Waals surface area contributed by atoms with Crippen molar-refractivity contribution in [2.75, 3.05) is 33.7 Å². The monoisotopic (exact) mass is 423 g/mol. The first-order chi connectivity index (χ1) is 13.9. The maximum atomic E-state index is 12.8. The van der Waals surface area contributed by atoms with Gasteiger partial charge < -0.3 is 4.98 Å². The van der Waals surface area contributed by atoms with Crippen LogP contribution in [0.5, 0.6) is 0 Å². The summed E-state index contributed by atoms with van der Waals surface area (Å²) in [4.78, 5) is 23.2. The molecule has 1 atom stereocenters. The number of likely N-dealkylation sites (tertiary alicyclic amines) is 1. The molecule has 2 fully saturated rings. The van der Waals surface area contributed by atoms with Crippen molar-refractivity contribution >= 4 is 10.2 Å². The van der Waals surface area contributed by atoms with Crippen molar-refractivity contribution in [3.05, 3.63) is 27.4 Å². The number of aromatic amines is 1. The molecule has 1 aromatic rings. The molecule has 0 aromatic carbocycles. The summed E-state index contributed by atoms with van der Waals surface area (Å²) < 4.78 is 27.4. The fourth-order valence-corrected chi connectivity index (χ4v) is 6.12. The standard InChI is InChI=1S/C20H33N5O3S/c1-23(2)29(27,28)25-12-10-18-17(14-25)20(26)22-19(21-18)15-7-6-11-24(13-15)16-8-4-3-5-9-16/h15-16H,3-14H2,1-2H3,(H,21,22,26). The first-order valence-corrected chi connectivity index (χ1v) is 12.3. The summed E-state index contributed by atoms with van der Waals surface area (Å²) in [6, 6.07) is 0.681. The van der Waals surface area contributed by atoms with Crippen molar-refractivity contribution in [2.24, 2.45) is 0 Å². The lowest BCUT2D eigenvalue weighted by molar-refractivity contribution is 0.116. The Kier molecular flexibility index (Phi) is 6.11. The Morgan fingerprint density at radius 3 is 2.55 bits per heavy atom. The molecule has 0 amide bonds. The van der Waals surface area contributed by atoms with Crippen molar-refractivity contribution in [3.63, 3.8) is 0 Å². The molecule has 1 saturated heterocycles. The molecule has 1 aromatic heterocycles. The van der Waals surface area contributed by atoms with Crippen LogP contribution in [-0.2, 0) is 23.2 Å². The number of piperidine rings is 1. The number of H-pyrrole nitrogens is 1. The van der Waals surface area contributed by atoms with E-state index in [0.29, 0.717) is 24.6 Å². The van der Waals surface area contributed by atoms with Gasteiger partial charge in [-0.05, 0) is 32.2 Å². The van der Waals surface area contributed by atoms with E-state index in [1.165, 1.54) is 54.8 Å². The van der Waals surface area contributed by atoms with E-state index in [4.69, 9.17) is 4.98 Å². The van der Waals surface area contributed by atoms with Crippen LogP contribution in [0.15, 0.2) is 4.79 Å². The summed E-state index contributed by atoms with van der Waals surface area (Å²) in [5.41, 5.74) is 1.08. The maximum Gasteiger partial charge on any atom is 0.281 e. The Bertz CT molecular complexity index is 892. The maximum absolute atomic E-state index is 12.8. The number of nitrogens with one attached hydrogen (secondary N) is 1. The zero-order valence-corrected chi connectivity index (χ0v) is 18.4. The molecule has 1 N–H and O–H groups in total. The molecule has 0 spiro atoms. The Hall–Kier alpha value is -1.29. The molecule has 4 rings (SSSR count). The molecule has 3 heterocycles. The molecule has 8 nitrogen and oxygen atoms in total. The van der Waals surface area contributed by atoms with Gasteiger partial charge in [0, 0.05) is 52.1 Å². The minimum atomic E-state index is -3.53. The molecule has 29 heavy (non-hydrogen) atoms.